The molecule has 2 nitrogen and oxygen atoms in total. The summed E-state index contributed by atoms with van der Waals surface area (Å²) in [6.07, 6.45) is 0.855. The van der Waals surface area contributed by atoms with Crippen molar-refractivity contribution in [3.63, 3.8) is 0 Å². The van der Waals surface area contributed by atoms with Crippen LogP contribution in [-0.2, 0) is 13.0 Å². The Morgan fingerprint density at radius 3 is 2.50 bits per heavy atom. The minimum Gasteiger partial charge on any atom is -0.489 e. The molecule has 0 unspecified atom stereocenters. The van der Waals surface area contributed by atoms with E-state index in [-0.39, 0.29) is 0 Å². The van der Waals surface area contributed by atoms with Gasteiger partial charge in [-0.15, -0.1) is 0 Å². The van der Waals surface area contributed by atoms with Crippen LogP contribution in [0.2, 0.25) is 10.0 Å². The molecule has 0 amide bonds. The molecule has 0 heterocycles. The largest absolute Gasteiger partial charge is 0.489 e. The van der Waals surface area contributed by atoms with E-state index in [4.69, 9.17) is 33.2 Å². The molecule has 0 atom stereocenters. The summed E-state index contributed by atoms with van der Waals surface area (Å²) in [5, 5.41) is 10.1. The minimum absolute atomic E-state index is 0.356. The summed E-state index contributed by atoms with van der Waals surface area (Å²) < 4.78 is 5.72. The van der Waals surface area contributed by atoms with E-state index >= 15 is 0 Å². The van der Waals surface area contributed by atoms with E-state index in [1.54, 1.807) is 18.2 Å². The standard InChI is InChI=1S/C16H13Cl2NO/c1-2-12-8-14(5-6-15(12)17)20-10-13-4-3-11(9-19)7-16(13)18/h3-8H,2,10H2,1H3. The summed E-state index contributed by atoms with van der Waals surface area (Å²) in [7, 11) is 0. The van der Waals surface area contributed by atoms with Crippen molar-refractivity contribution in [2.75, 3.05) is 0 Å². The number of nitrogens with zero attached hydrogens (tertiary/aromatic N) is 1. The number of hydrogen-bond donors (Lipinski definition) is 0. The second-order valence-corrected chi connectivity index (χ2v) is 5.13. The van der Waals surface area contributed by atoms with E-state index in [1.165, 1.54) is 0 Å². The molecule has 0 spiro atoms. The monoisotopic (exact) mass is 305 g/mol. The van der Waals surface area contributed by atoms with Gasteiger partial charge in [0.2, 0.25) is 0 Å². The lowest BCUT2D eigenvalue weighted by molar-refractivity contribution is 0.306. The first-order valence-corrected chi connectivity index (χ1v) is 6.99. The maximum Gasteiger partial charge on any atom is 0.120 e. The highest BCUT2D eigenvalue weighted by Crippen LogP contribution is 2.24. The fourth-order valence-corrected chi connectivity index (χ4v) is 2.29. The smallest absolute Gasteiger partial charge is 0.120 e. The molecule has 2 aromatic rings. The van der Waals surface area contributed by atoms with Gasteiger partial charge in [0.1, 0.15) is 12.4 Å². The average molecular weight is 306 g/mol. The van der Waals surface area contributed by atoms with E-state index in [0.717, 1.165) is 28.3 Å². The maximum atomic E-state index is 8.79. The van der Waals surface area contributed by atoms with E-state index in [1.807, 2.05) is 25.1 Å². The summed E-state index contributed by atoms with van der Waals surface area (Å²) in [4.78, 5) is 0. The molecule has 0 bridgehead atoms. The van der Waals surface area contributed by atoms with Gasteiger partial charge in [-0.1, -0.05) is 36.2 Å². The lowest BCUT2D eigenvalue weighted by atomic mass is 10.1. The van der Waals surface area contributed by atoms with Gasteiger partial charge in [0, 0.05) is 15.6 Å². The van der Waals surface area contributed by atoms with E-state index in [0.29, 0.717) is 17.2 Å². The van der Waals surface area contributed by atoms with Gasteiger partial charge in [-0.3, -0.25) is 0 Å². The van der Waals surface area contributed by atoms with Crippen molar-refractivity contribution in [1.82, 2.24) is 0 Å². The topological polar surface area (TPSA) is 33.0 Å². The zero-order valence-electron chi connectivity index (χ0n) is 11.0. The maximum absolute atomic E-state index is 8.79. The number of ether oxygens (including phenoxy) is 1. The van der Waals surface area contributed by atoms with Gasteiger partial charge < -0.3 is 4.74 Å². The molecule has 0 aliphatic carbocycles. The van der Waals surface area contributed by atoms with Crippen LogP contribution < -0.4 is 4.74 Å². The van der Waals surface area contributed by atoms with Crippen LogP contribution in [0.3, 0.4) is 0 Å². The van der Waals surface area contributed by atoms with Gasteiger partial charge in [-0.2, -0.15) is 5.26 Å². The van der Waals surface area contributed by atoms with E-state index in [9.17, 15) is 0 Å². The molecular formula is C16H13Cl2NO. The van der Waals surface area contributed by atoms with E-state index in [2.05, 4.69) is 6.07 Å². The lowest BCUT2D eigenvalue weighted by Crippen LogP contribution is -1.97. The van der Waals surface area contributed by atoms with Crippen LogP contribution in [0.5, 0.6) is 5.75 Å². The summed E-state index contributed by atoms with van der Waals surface area (Å²) in [6, 6.07) is 12.8. The first kappa shape index (κ1) is 14.7. The molecule has 0 fully saturated rings. The predicted octanol–water partition coefficient (Wildman–Crippen LogP) is 5.01. The van der Waals surface area contributed by atoms with Gasteiger partial charge in [0.05, 0.1) is 11.6 Å². The number of benzene rings is 2. The molecule has 0 saturated carbocycles. The van der Waals surface area contributed by atoms with Crippen LogP contribution in [0, 0.1) is 11.3 Å². The third-order valence-corrected chi connectivity index (χ3v) is 3.70. The van der Waals surface area contributed by atoms with Crippen LogP contribution in [0.4, 0.5) is 0 Å². The molecule has 0 saturated heterocycles. The lowest BCUT2D eigenvalue weighted by Gasteiger charge is -2.10. The molecule has 102 valence electrons. The Bertz CT molecular complexity index is 662. The minimum atomic E-state index is 0.356. The highest BCUT2D eigenvalue weighted by Gasteiger charge is 2.05. The zero-order chi connectivity index (χ0) is 14.5. The van der Waals surface area contributed by atoms with Crippen molar-refractivity contribution in [3.8, 4) is 11.8 Å². The fourth-order valence-electron chi connectivity index (χ4n) is 1.81. The highest BCUT2D eigenvalue weighted by molar-refractivity contribution is 6.31. The molecule has 0 aliphatic rings. The molecule has 2 aromatic carbocycles. The Morgan fingerprint density at radius 2 is 1.85 bits per heavy atom. The Kier molecular flexibility index (Phi) is 4.89. The van der Waals surface area contributed by atoms with Crippen molar-refractivity contribution in [2.45, 2.75) is 20.0 Å². The van der Waals surface area contributed by atoms with Crippen molar-refractivity contribution >= 4 is 23.2 Å². The van der Waals surface area contributed by atoms with Crippen molar-refractivity contribution < 1.29 is 4.74 Å². The quantitative estimate of drug-likeness (QED) is 0.795. The first-order chi connectivity index (χ1) is 9.63. The SMILES string of the molecule is CCc1cc(OCc2ccc(C#N)cc2Cl)ccc1Cl. The Balaban J connectivity index is 2.11. The molecule has 2 rings (SSSR count). The van der Waals surface area contributed by atoms with Gasteiger partial charge in [0.15, 0.2) is 0 Å². The van der Waals surface area contributed by atoms with Crippen molar-refractivity contribution in [1.29, 1.82) is 5.26 Å². The molecule has 0 aliphatic heterocycles. The normalized spacial score (nSPS) is 10.1. The highest BCUT2D eigenvalue weighted by atomic mass is 35.5. The summed E-state index contributed by atoms with van der Waals surface area (Å²) in [6.45, 7) is 2.40. The van der Waals surface area contributed by atoms with Crippen LogP contribution >= 0.6 is 23.2 Å². The van der Waals surface area contributed by atoms with Gasteiger partial charge in [-0.05, 0) is 42.3 Å². The van der Waals surface area contributed by atoms with Gasteiger partial charge in [0.25, 0.3) is 0 Å². The number of aryl methyl sites for hydroxylation is 1. The molecule has 20 heavy (non-hydrogen) atoms. The number of hydrogen-bond acceptors (Lipinski definition) is 2. The predicted molar refractivity (Wildman–Crippen MR) is 81.3 cm³/mol. The number of nitriles is 1. The summed E-state index contributed by atoms with van der Waals surface area (Å²) in [5.74, 6) is 0.756. The van der Waals surface area contributed by atoms with Crippen LogP contribution in [-0.4, -0.2) is 0 Å². The second kappa shape index (κ2) is 6.65. The zero-order valence-corrected chi connectivity index (χ0v) is 12.5. The van der Waals surface area contributed by atoms with Crippen LogP contribution in [0.15, 0.2) is 36.4 Å². The Hall–Kier alpha value is -1.69. The van der Waals surface area contributed by atoms with Crippen LogP contribution in [0.1, 0.15) is 23.6 Å². The molecular weight excluding hydrogens is 293 g/mol. The van der Waals surface area contributed by atoms with Gasteiger partial charge in [-0.25, -0.2) is 0 Å². The third kappa shape index (κ3) is 3.45. The third-order valence-electron chi connectivity index (χ3n) is 2.97. The van der Waals surface area contributed by atoms with E-state index < -0.39 is 0 Å². The number of halogens is 2. The second-order valence-electron chi connectivity index (χ2n) is 4.31. The van der Waals surface area contributed by atoms with Gasteiger partial charge >= 0.3 is 0 Å². The first-order valence-electron chi connectivity index (χ1n) is 6.23. The molecule has 0 aromatic heterocycles. The van der Waals surface area contributed by atoms with Crippen molar-refractivity contribution in [2.24, 2.45) is 0 Å². The molecule has 4 heteroatoms. The fraction of sp³-hybridized carbons (Fsp3) is 0.188. The summed E-state index contributed by atoms with van der Waals surface area (Å²) >= 11 is 12.2. The van der Waals surface area contributed by atoms with Crippen LogP contribution in [0.25, 0.3) is 0 Å². The number of rotatable bonds is 4. The summed E-state index contributed by atoms with van der Waals surface area (Å²) in [5.41, 5.74) is 2.44. The van der Waals surface area contributed by atoms with Crippen molar-refractivity contribution in [3.05, 3.63) is 63.1 Å². The molecule has 0 radical (unpaired) electrons. The Morgan fingerprint density at radius 1 is 1.05 bits per heavy atom. The molecule has 0 N–H and O–H groups in total. The average Bonchev–Trinajstić information content (AvgIpc) is 2.47. The Labute approximate surface area is 128 Å².